The summed E-state index contributed by atoms with van der Waals surface area (Å²) in [4.78, 5) is 28.8. The summed E-state index contributed by atoms with van der Waals surface area (Å²) < 4.78 is 0.243. The molecule has 1 saturated heterocycles. The van der Waals surface area contributed by atoms with E-state index in [-0.39, 0.29) is 10.1 Å². The molecule has 1 aromatic carbocycles. The highest BCUT2D eigenvalue weighted by molar-refractivity contribution is 8.26. The maximum atomic E-state index is 12.4. The van der Waals surface area contributed by atoms with E-state index >= 15 is 0 Å². The van der Waals surface area contributed by atoms with E-state index in [1.807, 2.05) is 0 Å². The number of thioether (sulfide) groups is 1. The third-order valence-electron chi connectivity index (χ3n) is 3.14. The minimum Gasteiger partial charge on any atom is -0.508 e. The summed E-state index contributed by atoms with van der Waals surface area (Å²) >= 11 is 6.26. The zero-order valence-corrected chi connectivity index (χ0v) is 13.8. The standard InChI is InChI=1S/C16H11N3O3S2/c20-12-3-1-10(2-4-12)9-13-15(22)19(16(23)24-13)18-14(21)11-5-7-17-8-6-11/h1-9,20H,(H,18,21). The predicted octanol–water partition coefficient (Wildman–Crippen LogP) is 2.33. The lowest BCUT2D eigenvalue weighted by atomic mass is 10.2. The topological polar surface area (TPSA) is 82.5 Å². The van der Waals surface area contributed by atoms with E-state index in [1.54, 1.807) is 30.3 Å². The summed E-state index contributed by atoms with van der Waals surface area (Å²) in [5, 5.41) is 10.3. The van der Waals surface area contributed by atoms with Gasteiger partial charge in [-0.3, -0.25) is 20.0 Å². The van der Waals surface area contributed by atoms with E-state index in [0.29, 0.717) is 10.5 Å². The van der Waals surface area contributed by atoms with Gasteiger partial charge in [-0.2, -0.15) is 5.01 Å². The first kappa shape index (κ1) is 16.2. The number of hydrazine groups is 1. The molecule has 24 heavy (non-hydrogen) atoms. The molecule has 1 aromatic heterocycles. The van der Waals surface area contributed by atoms with Crippen molar-refractivity contribution < 1.29 is 14.7 Å². The highest BCUT2D eigenvalue weighted by atomic mass is 32.2. The minimum absolute atomic E-state index is 0.143. The fraction of sp³-hybridized carbons (Fsp3) is 0. The molecule has 1 aliphatic heterocycles. The number of amides is 2. The van der Waals surface area contributed by atoms with Crippen LogP contribution < -0.4 is 5.43 Å². The van der Waals surface area contributed by atoms with Crippen LogP contribution in [0.3, 0.4) is 0 Å². The SMILES string of the molecule is O=C(NN1C(=O)C(=Cc2ccc(O)cc2)SC1=S)c1ccncc1. The second-order valence-electron chi connectivity index (χ2n) is 4.79. The number of nitrogens with one attached hydrogen (secondary N) is 1. The number of phenols is 1. The lowest BCUT2D eigenvalue weighted by Crippen LogP contribution is -2.44. The molecule has 2 amide bonds. The van der Waals surface area contributed by atoms with Crippen molar-refractivity contribution in [1.82, 2.24) is 15.4 Å². The van der Waals surface area contributed by atoms with E-state index in [2.05, 4.69) is 10.4 Å². The number of phenolic OH excluding ortho intramolecular Hbond substituents is 1. The van der Waals surface area contributed by atoms with Gasteiger partial charge in [-0.25, -0.2) is 0 Å². The maximum absolute atomic E-state index is 12.4. The normalized spacial score (nSPS) is 15.8. The van der Waals surface area contributed by atoms with Crippen molar-refractivity contribution >= 4 is 46.2 Å². The molecule has 0 saturated carbocycles. The second kappa shape index (κ2) is 6.81. The first-order valence-corrected chi connectivity index (χ1v) is 8.05. The molecule has 3 rings (SSSR count). The highest BCUT2D eigenvalue weighted by Crippen LogP contribution is 2.31. The van der Waals surface area contributed by atoms with E-state index in [0.717, 1.165) is 22.3 Å². The number of pyridine rings is 1. The molecular formula is C16H11N3O3S2. The van der Waals surface area contributed by atoms with Crippen LogP contribution in [-0.4, -0.2) is 31.2 Å². The van der Waals surface area contributed by atoms with Crippen LogP contribution in [-0.2, 0) is 4.79 Å². The number of carbonyl (C=O) groups is 2. The monoisotopic (exact) mass is 357 g/mol. The smallest absolute Gasteiger partial charge is 0.285 e. The molecule has 0 bridgehead atoms. The third-order valence-corrected chi connectivity index (χ3v) is 4.44. The number of hydrogen-bond acceptors (Lipinski definition) is 6. The molecule has 1 aliphatic rings. The lowest BCUT2D eigenvalue weighted by molar-refractivity contribution is -0.123. The molecule has 2 aromatic rings. The van der Waals surface area contributed by atoms with E-state index in [9.17, 15) is 14.7 Å². The molecule has 0 radical (unpaired) electrons. The van der Waals surface area contributed by atoms with Crippen LogP contribution >= 0.6 is 24.0 Å². The molecule has 0 spiro atoms. The molecule has 0 unspecified atom stereocenters. The molecule has 2 N–H and O–H groups in total. The summed E-state index contributed by atoms with van der Waals surface area (Å²) in [6.07, 6.45) is 4.63. The largest absolute Gasteiger partial charge is 0.508 e. The third kappa shape index (κ3) is 3.44. The van der Waals surface area contributed by atoms with Crippen LogP contribution in [0.5, 0.6) is 5.75 Å². The summed E-state index contributed by atoms with van der Waals surface area (Å²) in [6.45, 7) is 0. The Morgan fingerprint density at radius 2 is 1.88 bits per heavy atom. The Kier molecular flexibility index (Phi) is 4.59. The molecule has 120 valence electrons. The number of hydrogen-bond donors (Lipinski definition) is 2. The Bertz CT molecular complexity index is 835. The summed E-state index contributed by atoms with van der Waals surface area (Å²) in [5.41, 5.74) is 3.61. The zero-order chi connectivity index (χ0) is 17.1. The second-order valence-corrected chi connectivity index (χ2v) is 6.46. The van der Waals surface area contributed by atoms with Crippen LogP contribution in [0.1, 0.15) is 15.9 Å². The van der Waals surface area contributed by atoms with Crippen LogP contribution in [0, 0.1) is 0 Å². The fourth-order valence-corrected chi connectivity index (χ4v) is 3.13. The van der Waals surface area contributed by atoms with Gasteiger partial charge in [0.15, 0.2) is 4.32 Å². The Balaban J connectivity index is 1.77. The minimum atomic E-state index is -0.445. The fourth-order valence-electron chi connectivity index (χ4n) is 1.96. The van der Waals surface area contributed by atoms with Crippen molar-refractivity contribution in [2.75, 3.05) is 0 Å². The Labute approximate surface area is 147 Å². The van der Waals surface area contributed by atoms with Crippen LogP contribution in [0.4, 0.5) is 0 Å². The summed E-state index contributed by atoms with van der Waals surface area (Å²) in [5.74, 6) is -0.704. The van der Waals surface area contributed by atoms with Crippen molar-refractivity contribution in [3.8, 4) is 5.75 Å². The maximum Gasteiger partial charge on any atom is 0.285 e. The van der Waals surface area contributed by atoms with Gasteiger partial charge in [-0.15, -0.1) is 0 Å². The van der Waals surface area contributed by atoms with Crippen molar-refractivity contribution in [2.24, 2.45) is 0 Å². The van der Waals surface area contributed by atoms with Crippen molar-refractivity contribution in [3.63, 3.8) is 0 Å². The Morgan fingerprint density at radius 3 is 2.54 bits per heavy atom. The highest BCUT2D eigenvalue weighted by Gasteiger charge is 2.33. The number of aromatic hydroxyl groups is 1. The number of aromatic nitrogens is 1. The molecule has 0 atom stereocenters. The van der Waals surface area contributed by atoms with Crippen LogP contribution in [0.15, 0.2) is 53.7 Å². The molecule has 6 nitrogen and oxygen atoms in total. The number of nitrogens with zero attached hydrogens (tertiary/aromatic N) is 2. The molecule has 8 heteroatoms. The van der Waals surface area contributed by atoms with Crippen LogP contribution in [0.25, 0.3) is 6.08 Å². The van der Waals surface area contributed by atoms with Crippen molar-refractivity contribution in [2.45, 2.75) is 0 Å². The molecule has 0 aliphatic carbocycles. The predicted molar refractivity (Wildman–Crippen MR) is 94.8 cm³/mol. The Hall–Kier alpha value is -2.71. The molecule has 1 fully saturated rings. The first-order chi connectivity index (χ1) is 11.5. The van der Waals surface area contributed by atoms with Gasteiger partial charge in [0.2, 0.25) is 0 Å². The van der Waals surface area contributed by atoms with Crippen LogP contribution in [0.2, 0.25) is 0 Å². The molecule has 2 heterocycles. The van der Waals surface area contributed by atoms with E-state index in [4.69, 9.17) is 12.2 Å². The van der Waals surface area contributed by atoms with Gasteiger partial charge < -0.3 is 5.11 Å². The first-order valence-electron chi connectivity index (χ1n) is 6.82. The summed E-state index contributed by atoms with van der Waals surface area (Å²) in [6, 6.07) is 9.49. The Morgan fingerprint density at radius 1 is 1.21 bits per heavy atom. The molecular weight excluding hydrogens is 346 g/mol. The van der Waals surface area contributed by atoms with Crippen molar-refractivity contribution in [3.05, 3.63) is 64.8 Å². The average Bonchev–Trinajstić information content (AvgIpc) is 2.85. The van der Waals surface area contributed by atoms with E-state index < -0.39 is 11.8 Å². The summed E-state index contributed by atoms with van der Waals surface area (Å²) in [7, 11) is 0. The number of benzene rings is 1. The number of thiocarbonyl (C=S) groups is 1. The van der Waals surface area contributed by atoms with E-state index in [1.165, 1.54) is 24.5 Å². The van der Waals surface area contributed by atoms with Gasteiger partial charge in [-0.1, -0.05) is 23.9 Å². The van der Waals surface area contributed by atoms with Crippen molar-refractivity contribution in [1.29, 1.82) is 0 Å². The van der Waals surface area contributed by atoms with Gasteiger partial charge in [0.05, 0.1) is 4.91 Å². The van der Waals surface area contributed by atoms with Gasteiger partial charge in [0, 0.05) is 18.0 Å². The van der Waals surface area contributed by atoms with Gasteiger partial charge in [0.25, 0.3) is 11.8 Å². The lowest BCUT2D eigenvalue weighted by Gasteiger charge is -2.15. The quantitative estimate of drug-likeness (QED) is 0.648. The average molecular weight is 357 g/mol. The van der Waals surface area contributed by atoms with Gasteiger partial charge in [-0.05, 0) is 48.1 Å². The van der Waals surface area contributed by atoms with Gasteiger partial charge in [0.1, 0.15) is 5.75 Å². The zero-order valence-electron chi connectivity index (χ0n) is 12.2. The van der Waals surface area contributed by atoms with Gasteiger partial charge >= 0.3 is 0 Å². The number of rotatable bonds is 3. The number of carbonyl (C=O) groups excluding carboxylic acids is 2.